The molecule has 3 nitrogen and oxygen atoms in total. The molecule has 0 aromatic rings. The van der Waals surface area contributed by atoms with Crippen LogP contribution in [0.3, 0.4) is 0 Å². The number of likely N-dealkylation sites (tertiary alicyclic amines) is 1. The van der Waals surface area contributed by atoms with Crippen molar-refractivity contribution in [2.24, 2.45) is 0 Å². The maximum Gasteiger partial charge on any atom is 0.0639 e. The third kappa shape index (κ3) is 1.79. The highest BCUT2D eigenvalue weighted by atomic mass is 16.3. The van der Waals surface area contributed by atoms with Gasteiger partial charge in [-0.25, -0.2) is 0 Å². The quantitative estimate of drug-likeness (QED) is 0.602. The molecule has 2 N–H and O–H groups in total. The minimum absolute atomic E-state index is 0.178. The molecule has 2 heterocycles. The molecule has 2 aliphatic rings. The second-order valence-electron chi connectivity index (χ2n) is 4.21. The molecule has 0 radical (unpaired) electrons. The summed E-state index contributed by atoms with van der Waals surface area (Å²) in [5.41, 5.74) is 0. The van der Waals surface area contributed by atoms with Crippen molar-refractivity contribution < 1.29 is 5.11 Å². The van der Waals surface area contributed by atoms with E-state index in [1.807, 2.05) is 6.92 Å². The molecule has 0 spiro atoms. The number of aliphatic hydroxyl groups is 1. The van der Waals surface area contributed by atoms with Gasteiger partial charge in [-0.1, -0.05) is 0 Å². The third-order valence-corrected chi connectivity index (χ3v) is 2.81. The van der Waals surface area contributed by atoms with Crippen molar-refractivity contribution in [3.8, 4) is 0 Å². The van der Waals surface area contributed by atoms with E-state index in [9.17, 15) is 5.11 Å². The Hall–Kier alpha value is -0.120. The van der Waals surface area contributed by atoms with Crippen LogP contribution >= 0.6 is 0 Å². The molecular formula is C9H18N2O. The van der Waals surface area contributed by atoms with Gasteiger partial charge in [0, 0.05) is 31.7 Å². The molecule has 2 rings (SSSR count). The zero-order chi connectivity index (χ0) is 8.55. The van der Waals surface area contributed by atoms with Crippen molar-refractivity contribution in [1.82, 2.24) is 10.2 Å². The van der Waals surface area contributed by atoms with Crippen molar-refractivity contribution in [2.45, 2.75) is 38.0 Å². The van der Waals surface area contributed by atoms with E-state index in [4.69, 9.17) is 0 Å². The molecule has 0 saturated carbocycles. The minimum atomic E-state index is -0.178. The first-order chi connectivity index (χ1) is 5.74. The summed E-state index contributed by atoms with van der Waals surface area (Å²) in [6, 6.07) is 1.39. The number of rotatable bonds is 2. The molecule has 0 aromatic carbocycles. The largest absolute Gasteiger partial charge is 0.392 e. The highest BCUT2D eigenvalue weighted by Gasteiger charge is 2.31. The fraction of sp³-hybridized carbons (Fsp3) is 1.00. The maximum atomic E-state index is 9.24. The van der Waals surface area contributed by atoms with Gasteiger partial charge in [-0.15, -0.1) is 0 Å². The van der Waals surface area contributed by atoms with Gasteiger partial charge in [0.1, 0.15) is 0 Å². The summed E-state index contributed by atoms with van der Waals surface area (Å²) in [5.74, 6) is 0. The average Bonchev–Trinajstić information content (AvgIpc) is 2.29. The first-order valence-electron chi connectivity index (χ1n) is 4.90. The number of piperazine rings is 1. The molecule has 0 aliphatic carbocycles. The standard InChI is InChI=1S/C9H18N2O/c1-7(12)4-11-5-8-2-3-9(6-11)10-8/h7-10,12H,2-6H2,1H3. The van der Waals surface area contributed by atoms with Crippen molar-refractivity contribution in [3.63, 3.8) is 0 Å². The second kappa shape index (κ2) is 3.32. The molecule has 3 unspecified atom stereocenters. The van der Waals surface area contributed by atoms with E-state index < -0.39 is 0 Å². The van der Waals surface area contributed by atoms with Crippen LogP contribution in [0.25, 0.3) is 0 Å². The third-order valence-electron chi connectivity index (χ3n) is 2.81. The highest BCUT2D eigenvalue weighted by molar-refractivity contribution is 4.92. The van der Waals surface area contributed by atoms with Crippen molar-refractivity contribution in [2.75, 3.05) is 19.6 Å². The Bertz CT molecular complexity index is 149. The molecule has 3 atom stereocenters. The fourth-order valence-electron chi connectivity index (χ4n) is 2.41. The van der Waals surface area contributed by atoms with Crippen LogP contribution in [0, 0.1) is 0 Å². The van der Waals surface area contributed by atoms with Crippen LogP contribution < -0.4 is 5.32 Å². The van der Waals surface area contributed by atoms with Crippen molar-refractivity contribution in [1.29, 1.82) is 0 Å². The fourth-order valence-corrected chi connectivity index (χ4v) is 2.41. The zero-order valence-corrected chi connectivity index (χ0v) is 7.66. The number of hydrogen-bond donors (Lipinski definition) is 2. The SMILES string of the molecule is CC(O)CN1CC2CCC(C1)N2. The van der Waals surface area contributed by atoms with Crippen LogP contribution in [0.1, 0.15) is 19.8 Å². The first-order valence-corrected chi connectivity index (χ1v) is 4.90. The molecular weight excluding hydrogens is 152 g/mol. The number of fused-ring (bicyclic) bond motifs is 2. The number of hydrogen-bond acceptors (Lipinski definition) is 3. The van der Waals surface area contributed by atoms with Crippen molar-refractivity contribution in [3.05, 3.63) is 0 Å². The van der Waals surface area contributed by atoms with Crippen LogP contribution in [0.15, 0.2) is 0 Å². The van der Waals surface area contributed by atoms with Crippen LogP contribution in [0.2, 0.25) is 0 Å². The smallest absolute Gasteiger partial charge is 0.0639 e. The number of β-amino-alcohol motifs (C(OH)–C–C–N with tert-alkyl or cyclic N) is 1. The Morgan fingerprint density at radius 3 is 2.50 bits per heavy atom. The van der Waals surface area contributed by atoms with Gasteiger partial charge < -0.3 is 10.4 Å². The minimum Gasteiger partial charge on any atom is -0.392 e. The van der Waals surface area contributed by atoms with Gasteiger partial charge in [0.05, 0.1) is 6.10 Å². The molecule has 0 amide bonds. The Balaban J connectivity index is 1.85. The molecule has 3 heteroatoms. The summed E-state index contributed by atoms with van der Waals surface area (Å²) < 4.78 is 0. The predicted octanol–water partition coefficient (Wildman–Crippen LogP) is -0.197. The number of aliphatic hydroxyl groups excluding tert-OH is 1. The van der Waals surface area contributed by atoms with Gasteiger partial charge in [-0.3, -0.25) is 4.90 Å². The van der Waals surface area contributed by atoms with E-state index in [2.05, 4.69) is 10.2 Å². The summed E-state index contributed by atoms with van der Waals surface area (Å²) in [6.07, 6.45) is 2.46. The van der Waals surface area contributed by atoms with Gasteiger partial charge in [0.2, 0.25) is 0 Å². The average molecular weight is 170 g/mol. The van der Waals surface area contributed by atoms with Gasteiger partial charge in [0.25, 0.3) is 0 Å². The molecule has 2 saturated heterocycles. The Morgan fingerprint density at radius 2 is 2.00 bits per heavy atom. The summed E-state index contributed by atoms with van der Waals surface area (Å²) in [4.78, 5) is 2.38. The summed E-state index contributed by atoms with van der Waals surface area (Å²) in [5, 5.41) is 12.8. The van der Waals surface area contributed by atoms with Crippen molar-refractivity contribution >= 4 is 0 Å². The van der Waals surface area contributed by atoms with Crippen LogP contribution in [-0.2, 0) is 0 Å². The lowest BCUT2D eigenvalue weighted by atomic mass is 10.2. The predicted molar refractivity (Wildman–Crippen MR) is 48.1 cm³/mol. The van der Waals surface area contributed by atoms with E-state index in [-0.39, 0.29) is 6.10 Å². The number of nitrogens with zero attached hydrogens (tertiary/aromatic N) is 1. The van der Waals surface area contributed by atoms with E-state index in [1.54, 1.807) is 0 Å². The highest BCUT2D eigenvalue weighted by Crippen LogP contribution is 2.19. The normalized spacial score (nSPS) is 38.5. The molecule has 12 heavy (non-hydrogen) atoms. The van der Waals surface area contributed by atoms with Crippen LogP contribution in [0.5, 0.6) is 0 Å². The van der Waals surface area contributed by atoms with Crippen LogP contribution in [-0.4, -0.2) is 47.8 Å². The number of nitrogens with one attached hydrogen (secondary N) is 1. The lowest BCUT2D eigenvalue weighted by Gasteiger charge is -2.33. The van der Waals surface area contributed by atoms with Gasteiger partial charge in [0.15, 0.2) is 0 Å². The Kier molecular flexibility index (Phi) is 2.35. The molecule has 0 aromatic heterocycles. The zero-order valence-electron chi connectivity index (χ0n) is 7.66. The van der Waals surface area contributed by atoms with E-state index in [0.717, 1.165) is 19.6 Å². The maximum absolute atomic E-state index is 9.24. The van der Waals surface area contributed by atoms with Crippen LogP contribution in [0.4, 0.5) is 0 Å². The molecule has 70 valence electrons. The Labute approximate surface area is 73.8 Å². The van der Waals surface area contributed by atoms with Gasteiger partial charge in [-0.05, 0) is 19.8 Å². The monoisotopic (exact) mass is 170 g/mol. The lowest BCUT2D eigenvalue weighted by Crippen LogP contribution is -2.52. The van der Waals surface area contributed by atoms with Gasteiger partial charge >= 0.3 is 0 Å². The van der Waals surface area contributed by atoms with E-state index in [1.165, 1.54) is 12.8 Å². The summed E-state index contributed by atoms with van der Waals surface area (Å²) >= 11 is 0. The van der Waals surface area contributed by atoms with E-state index >= 15 is 0 Å². The van der Waals surface area contributed by atoms with Gasteiger partial charge in [-0.2, -0.15) is 0 Å². The topological polar surface area (TPSA) is 35.5 Å². The molecule has 2 aliphatic heterocycles. The summed E-state index contributed by atoms with van der Waals surface area (Å²) in [6.45, 7) is 4.96. The van der Waals surface area contributed by atoms with E-state index in [0.29, 0.717) is 12.1 Å². The first kappa shape index (κ1) is 8.48. The molecule has 2 bridgehead atoms. The molecule has 2 fully saturated rings. The summed E-state index contributed by atoms with van der Waals surface area (Å²) in [7, 11) is 0. The second-order valence-corrected chi connectivity index (χ2v) is 4.21. The lowest BCUT2D eigenvalue weighted by molar-refractivity contribution is 0.104. The Morgan fingerprint density at radius 1 is 1.42 bits per heavy atom.